The molecule has 1 aliphatic rings. The molecule has 2 aromatic rings. The molecule has 2 aromatic heterocycles. The fraction of sp³-hybridized carbons (Fsp3) is 0.500. The Hall–Kier alpha value is -1.27. The van der Waals surface area contributed by atoms with Crippen LogP contribution in [0.4, 0.5) is 0 Å². The zero-order valence-corrected chi connectivity index (χ0v) is 9.54. The van der Waals surface area contributed by atoms with Crippen molar-refractivity contribution in [1.29, 1.82) is 0 Å². The van der Waals surface area contributed by atoms with Crippen LogP contribution in [-0.4, -0.2) is 21.7 Å². The molecule has 5 nitrogen and oxygen atoms in total. The van der Waals surface area contributed by atoms with Crippen molar-refractivity contribution in [1.82, 2.24) is 20.4 Å². The van der Waals surface area contributed by atoms with E-state index in [2.05, 4.69) is 20.4 Å². The number of hydrogen-bond donors (Lipinski definition) is 1. The molecule has 1 aliphatic heterocycles. The summed E-state index contributed by atoms with van der Waals surface area (Å²) in [5.74, 6) is 1.27. The number of nitrogens with one attached hydrogen (secondary N) is 1. The minimum absolute atomic E-state index is 0.216. The van der Waals surface area contributed by atoms with E-state index in [0.717, 1.165) is 18.7 Å². The molecular formula is C10H12N4OS. The molecule has 6 heteroatoms. The van der Waals surface area contributed by atoms with E-state index in [0.29, 0.717) is 11.7 Å². The summed E-state index contributed by atoms with van der Waals surface area (Å²) in [6, 6.07) is 0.216. The Morgan fingerprint density at radius 3 is 3.19 bits per heavy atom. The minimum Gasteiger partial charge on any atom is -0.337 e. The standard InChI is InChI=1S/C10H12N4OS/c1-2-4-11-7(3-1)10-13-9(14-15-10)8-5-16-6-12-8/h5-7,11H,1-4H2. The summed E-state index contributed by atoms with van der Waals surface area (Å²) < 4.78 is 5.27. The van der Waals surface area contributed by atoms with Crippen LogP contribution in [0.5, 0.6) is 0 Å². The van der Waals surface area contributed by atoms with E-state index in [1.807, 2.05) is 5.38 Å². The van der Waals surface area contributed by atoms with Gasteiger partial charge in [-0.15, -0.1) is 11.3 Å². The van der Waals surface area contributed by atoms with Gasteiger partial charge in [0.05, 0.1) is 11.6 Å². The maximum absolute atomic E-state index is 5.27. The van der Waals surface area contributed by atoms with Gasteiger partial charge in [0.2, 0.25) is 11.7 Å². The first-order valence-corrected chi connectivity index (χ1v) is 6.33. The highest BCUT2D eigenvalue weighted by Gasteiger charge is 2.21. The van der Waals surface area contributed by atoms with Gasteiger partial charge in [-0.1, -0.05) is 11.6 Å². The highest BCUT2D eigenvalue weighted by atomic mass is 32.1. The van der Waals surface area contributed by atoms with Crippen LogP contribution in [0.3, 0.4) is 0 Å². The van der Waals surface area contributed by atoms with Crippen molar-refractivity contribution in [3.63, 3.8) is 0 Å². The zero-order chi connectivity index (χ0) is 10.8. The smallest absolute Gasteiger partial charge is 0.244 e. The average molecular weight is 236 g/mol. The molecule has 0 saturated carbocycles. The molecule has 84 valence electrons. The molecule has 0 aliphatic carbocycles. The molecule has 0 amide bonds. The maximum atomic E-state index is 5.27. The van der Waals surface area contributed by atoms with Crippen LogP contribution < -0.4 is 5.32 Å². The van der Waals surface area contributed by atoms with Crippen molar-refractivity contribution in [3.05, 3.63) is 16.8 Å². The molecule has 1 atom stereocenters. The molecule has 3 rings (SSSR count). The van der Waals surface area contributed by atoms with Crippen molar-refractivity contribution < 1.29 is 4.52 Å². The highest BCUT2D eigenvalue weighted by molar-refractivity contribution is 7.07. The molecule has 1 unspecified atom stereocenters. The summed E-state index contributed by atoms with van der Waals surface area (Å²) >= 11 is 1.53. The largest absolute Gasteiger partial charge is 0.337 e. The minimum atomic E-state index is 0.216. The maximum Gasteiger partial charge on any atom is 0.244 e. The van der Waals surface area contributed by atoms with Gasteiger partial charge in [0, 0.05) is 5.38 Å². The van der Waals surface area contributed by atoms with Crippen molar-refractivity contribution in [2.24, 2.45) is 0 Å². The normalized spacial score (nSPS) is 21.1. The fourth-order valence-electron chi connectivity index (χ4n) is 1.87. The van der Waals surface area contributed by atoms with Gasteiger partial charge >= 0.3 is 0 Å². The van der Waals surface area contributed by atoms with E-state index in [4.69, 9.17) is 4.52 Å². The topological polar surface area (TPSA) is 63.8 Å². The van der Waals surface area contributed by atoms with E-state index < -0.39 is 0 Å². The van der Waals surface area contributed by atoms with Gasteiger partial charge in [0.25, 0.3) is 0 Å². The lowest BCUT2D eigenvalue weighted by Crippen LogP contribution is -2.26. The Balaban J connectivity index is 1.82. The third kappa shape index (κ3) is 1.85. The molecule has 3 heterocycles. The Labute approximate surface area is 96.9 Å². The number of rotatable bonds is 2. The van der Waals surface area contributed by atoms with Crippen LogP contribution in [0.1, 0.15) is 31.2 Å². The number of nitrogens with zero attached hydrogens (tertiary/aromatic N) is 3. The van der Waals surface area contributed by atoms with Crippen molar-refractivity contribution in [3.8, 4) is 11.5 Å². The van der Waals surface area contributed by atoms with Crippen LogP contribution in [0.15, 0.2) is 15.4 Å². The van der Waals surface area contributed by atoms with E-state index in [-0.39, 0.29) is 6.04 Å². The Kier molecular flexibility index (Phi) is 2.67. The summed E-state index contributed by atoms with van der Waals surface area (Å²) in [5.41, 5.74) is 2.56. The van der Waals surface area contributed by atoms with Crippen LogP contribution in [-0.2, 0) is 0 Å². The van der Waals surface area contributed by atoms with Crippen LogP contribution in [0.2, 0.25) is 0 Å². The first-order chi connectivity index (χ1) is 7.93. The van der Waals surface area contributed by atoms with Gasteiger partial charge in [-0.3, -0.25) is 0 Å². The second kappa shape index (κ2) is 4.31. The summed E-state index contributed by atoms with van der Waals surface area (Å²) in [6.45, 7) is 1.03. The van der Waals surface area contributed by atoms with Gasteiger partial charge in [0.1, 0.15) is 5.69 Å². The van der Waals surface area contributed by atoms with E-state index in [1.165, 1.54) is 24.2 Å². The van der Waals surface area contributed by atoms with Gasteiger partial charge in [-0.2, -0.15) is 4.98 Å². The van der Waals surface area contributed by atoms with E-state index in [1.54, 1.807) is 5.51 Å². The lowest BCUT2D eigenvalue weighted by atomic mass is 10.1. The first-order valence-electron chi connectivity index (χ1n) is 5.39. The summed E-state index contributed by atoms with van der Waals surface area (Å²) in [4.78, 5) is 8.54. The highest BCUT2D eigenvalue weighted by Crippen LogP contribution is 2.23. The van der Waals surface area contributed by atoms with Crippen LogP contribution in [0, 0.1) is 0 Å². The Morgan fingerprint density at radius 1 is 1.44 bits per heavy atom. The van der Waals surface area contributed by atoms with Crippen molar-refractivity contribution >= 4 is 11.3 Å². The van der Waals surface area contributed by atoms with Crippen LogP contribution >= 0.6 is 11.3 Å². The Bertz CT molecular complexity index is 447. The summed E-state index contributed by atoms with van der Waals surface area (Å²) in [6.07, 6.45) is 3.51. The molecule has 16 heavy (non-hydrogen) atoms. The zero-order valence-electron chi connectivity index (χ0n) is 8.72. The van der Waals surface area contributed by atoms with E-state index >= 15 is 0 Å². The number of aromatic nitrogens is 3. The molecular weight excluding hydrogens is 224 g/mol. The van der Waals surface area contributed by atoms with Gasteiger partial charge in [-0.05, 0) is 19.4 Å². The SMILES string of the molecule is c1nc(-c2noc(C3CCCCN3)n2)cs1. The molecule has 0 spiro atoms. The monoisotopic (exact) mass is 236 g/mol. The average Bonchev–Trinajstić information content (AvgIpc) is 3.01. The molecule has 1 N–H and O–H groups in total. The lowest BCUT2D eigenvalue weighted by molar-refractivity contribution is 0.297. The van der Waals surface area contributed by atoms with Gasteiger partial charge in [0.15, 0.2) is 0 Å². The molecule has 0 bridgehead atoms. The van der Waals surface area contributed by atoms with E-state index in [9.17, 15) is 0 Å². The van der Waals surface area contributed by atoms with Crippen molar-refractivity contribution in [2.45, 2.75) is 25.3 Å². The van der Waals surface area contributed by atoms with Gasteiger partial charge in [-0.25, -0.2) is 4.98 Å². The Morgan fingerprint density at radius 2 is 2.44 bits per heavy atom. The summed E-state index contributed by atoms with van der Waals surface area (Å²) in [5, 5.41) is 9.25. The second-order valence-corrected chi connectivity index (χ2v) is 4.55. The predicted octanol–water partition coefficient (Wildman–Crippen LogP) is 2.01. The first kappa shape index (κ1) is 9.92. The molecule has 0 aromatic carbocycles. The number of piperidine rings is 1. The summed E-state index contributed by atoms with van der Waals surface area (Å²) in [7, 11) is 0. The number of thiazole rings is 1. The molecule has 1 saturated heterocycles. The van der Waals surface area contributed by atoms with Crippen LogP contribution in [0.25, 0.3) is 11.5 Å². The van der Waals surface area contributed by atoms with Gasteiger partial charge < -0.3 is 9.84 Å². The molecule has 0 radical (unpaired) electrons. The lowest BCUT2D eigenvalue weighted by Gasteiger charge is -2.19. The predicted molar refractivity (Wildman–Crippen MR) is 60.0 cm³/mol. The third-order valence-electron chi connectivity index (χ3n) is 2.71. The fourth-order valence-corrected chi connectivity index (χ4v) is 2.40. The van der Waals surface area contributed by atoms with Crippen molar-refractivity contribution in [2.75, 3.05) is 6.54 Å². The third-order valence-corrected chi connectivity index (χ3v) is 3.30. The second-order valence-electron chi connectivity index (χ2n) is 3.83. The quantitative estimate of drug-likeness (QED) is 0.864. The molecule has 1 fully saturated rings. The number of hydrogen-bond acceptors (Lipinski definition) is 6.